The molecule has 0 atom stereocenters. The Hall–Kier alpha value is -3.42. The number of benzene rings is 2. The molecule has 2 aromatic carbocycles. The van der Waals surface area contributed by atoms with Crippen LogP contribution in [0.3, 0.4) is 0 Å². The summed E-state index contributed by atoms with van der Waals surface area (Å²) < 4.78 is 5.67. The Morgan fingerprint density at radius 1 is 1.17 bits per heavy atom. The average Bonchev–Trinajstić information content (AvgIpc) is 3.30. The molecule has 4 N–H and O–H groups in total. The minimum absolute atomic E-state index is 0.256. The highest BCUT2D eigenvalue weighted by atomic mass is 32.1. The molecule has 0 saturated carbocycles. The number of nitrogen functional groups attached to an aromatic ring is 1. The third-order valence-electron chi connectivity index (χ3n) is 4.65. The van der Waals surface area contributed by atoms with Crippen LogP contribution in [0, 0.1) is 0 Å². The lowest BCUT2D eigenvalue weighted by Crippen LogP contribution is -2.15. The van der Waals surface area contributed by atoms with E-state index >= 15 is 0 Å². The van der Waals surface area contributed by atoms with E-state index in [4.69, 9.17) is 10.5 Å². The van der Waals surface area contributed by atoms with E-state index in [9.17, 15) is 4.79 Å². The van der Waals surface area contributed by atoms with Crippen LogP contribution in [0.2, 0.25) is 0 Å². The summed E-state index contributed by atoms with van der Waals surface area (Å²) in [7, 11) is 1.88. The second kappa shape index (κ2) is 8.94. The van der Waals surface area contributed by atoms with E-state index < -0.39 is 0 Å². The molecule has 4 aromatic rings. The van der Waals surface area contributed by atoms with E-state index in [2.05, 4.69) is 15.6 Å². The molecule has 0 bridgehead atoms. The smallest absolute Gasteiger partial charge is 0.257 e. The molecule has 152 valence electrons. The largest absolute Gasteiger partial charge is 0.492 e. The maximum Gasteiger partial charge on any atom is 0.257 e. The van der Waals surface area contributed by atoms with Crippen molar-refractivity contribution in [3.8, 4) is 16.2 Å². The second-order valence-electron chi connectivity index (χ2n) is 6.76. The van der Waals surface area contributed by atoms with Crippen LogP contribution in [-0.2, 0) is 0 Å². The van der Waals surface area contributed by atoms with Gasteiger partial charge in [-0.2, -0.15) is 0 Å². The zero-order valence-corrected chi connectivity index (χ0v) is 17.3. The van der Waals surface area contributed by atoms with Crippen LogP contribution >= 0.6 is 11.3 Å². The van der Waals surface area contributed by atoms with E-state index in [1.165, 1.54) is 0 Å². The SMILES string of the molecule is CNCCOc1ccc2cc(C(=O)Nc3cc(-c4cccs4)ccc3N)cnc2c1. The molecule has 1 amide bonds. The molecule has 0 aliphatic carbocycles. The Labute approximate surface area is 178 Å². The van der Waals surface area contributed by atoms with Crippen LogP contribution in [0.1, 0.15) is 10.4 Å². The Kier molecular flexibility index (Phi) is 5.92. The molecule has 0 unspecified atom stereocenters. The third-order valence-corrected chi connectivity index (χ3v) is 5.56. The number of rotatable bonds is 7. The van der Waals surface area contributed by atoms with Crippen molar-refractivity contribution in [3.05, 3.63) is 71.7 Å². The summed E-state index contributed by atoms with van der Waals surface area (Å²) in [6, 6.07) is 17.1. The molecule has 4 rings (SSSR count). The van der Waals surface area contributed by atoms with Gasteiger partial charge in [-0.05, 0) is 54.4 Å². The Morgan fingerprint density at radius 3 is 2.87 bits per heavy atom. The molecular weight excluding hydrogens is 396 g/mol. The normalized spacial score (nSPS) is 10.8. The van der Waals surface area contributed by atoms with Gasteiger partial charge in [0.2, 0.25) is 0 Å². The molecule has 6 nitrogen and oxygen atoms in total. The van der Waals surface area contributed by atoms with Crippen LogP contribution < -0.4 is 21.1 Å². The van der Waals surface area contributed by atoms with Gasteiger partial charge in [0.05, 0.1) is 22.5 Å². The number of ether oxygens (including phenoxy) is 1. The predicted octanol–water partition coefficient (Wildman–Crippen LogP) is 4.40. The number of hydrogen-bond acceptors (Lipinski definition) is 6. The van der Waals surface area contributed by atoms with Gasteiger partial charge in [0.15, 0.2) is 0 Å². The molecule has 0 aliphatic heterocycles. The van der Waals surface area contributed by atoms with Gasteiger partial charge >= 0.3 is 0 Å². The number of aromatic nitrogens is 1. The van der Waals surface area contributed by atoms with Crippen molar-refractivity contribution >= 4 is 39.5 Å². The average molecular weight is 419 g/mol. The minimum Gasteiger partial charge on any atom is -0.492 e. The predicted molar refractivity (Wildman–Crippen MR) is 123 cm³/mol. The summed E-state index contributed by atoms with van der Waals surface area (Å²) in [6.07, 6.45) is 1.56. The number of thiophene rings is 1. The van der Waals surface area contributed by atoms with Gasteiger partial charge in [0.25, 0.3) is 5.91 Å². The summed E-state index contributed by atoms with van der Waals surface area (Å²) >= 11 is 1.64. The van der Waals surface area contributed by atoms with E-state index in [0.29, 0.717) is 23.5 Å². The van der Waals surface area contributed by atoms with Crippen LogP contribution in [0.15, 0.2) is 66.2 Å². The molecule has 7 heteroatoms. The first-order valence-corrected chi connectivity index (χ1v) is 10.4. The minimum atomic E-state index is -0.256. The fraction of sp³-hybridized carbons (Fsp3) is 0.130. The number of pyridine rings is 1. The van der Waals surface area contributed by atoms with Crippen LogP contribution in [0.5, 0.6) is 5.75 Å². The number of carbonyl (C=O) groups excluding carboxylic acids is 1. The number of likely N-dealkylation sites (N-methyl/N-ethyl adjacent to an activating group) is 1. The molecule has 0 saturated heterocycles. The van der Waals surface area contributed by atoms with E-state index in [1.807, 2.05) is 61.0 Å². The van der Waals surface area contributed by atoms with Gasteiger partial charge in [-0.1, -0.05) is 12.1 Å². The van der Waals surface area contributed by atoms with Crippen LogP contribution in [0.25, 0.3) is 21.3 Å². The molecule has 2 aromatic heterocycles. The Bertz CT molecular complexity index is 1180. The summed E-state index contributed by atoms with van der Waals surface area (Å²) in [6.45, 7) is 1.34. The standard InChI is InChI=1S/C23H22N4O2S/c1-25-8-9-29-18-6-4-15-11-17(14-26-20(15)13-18)23(28)27-21-12-16(5-7-19(21)24)22-3-2-10-30-22/h2-7,10-14,25H,8-9,24H2,1H3,(H,27,28). The van der Waals surface area contributed by atoms with Gasteiger partial charge < -0.3 is 21.1 Å². The van der Waals surface area contributed by atoms with Crippen molar-refractivity contribution in [1.82, 2.24) is 10.3 Å². The molecule has 0 aliphatic rings. The van der Waals surface area contributed by atoms with Gasteiger partial charge in [0, 0.05) is 29.1 Å². The van der Waals surface area contributed by atoms with Gasteiger partial charge in [-0.3, -0.25) is 9.78 Å². The maximum atomic E-state index is 12.8. The number of nitrogens with two attached hydrogens (primary N) is 1. The zero-order chi connectivity index (χ0) is 20.9. The first-order chi connectivity index (χ1) is 14.6. The van der Waals surface area contributed by atoms with Crippen molar-refractivity contribution < 1.29 is 9.53 Å². The molecular formula is C23H22N4O2S. The van der Waals surface area contributed by atoms with Crippen LogP contribution in [-0.4, -0.2) is 31.1 Å². The monoisotopic (exact) mass is 418 g/mol. The van der Waals surface area contributed by atoms with Crippen molar-refractivity contribution in [1.29, 1.82) is 0 Å². The first kappa shape index (κ1) is 19.9. The zero-order valence-electron chi connectivity index (χ0n) is 16.5. The molecule has 2 heterocycles. The lowest BCUT2D eigenvalue weighted by molar-refractivity contribution is 0.102. The Balaban J connectivity index is 1.53. The van der Waals surface area contributed by atoms with E-state index in [1.54, 1.807) is 23.6 Å². The topological polar surface area (TPSA) is 89.3 Å². The van der Waals surface area contributed by atoms with Gasteiger partial charge in [-0.15, -0.1) is 11.3 Å². The third kappa shape index (κ3) is 4.42. The quantitative estimate of drug-likeness (QED) is 0.306. The lowest BCUT2D eigenvalue weighted by Gasteiger charge is -2.11. The van der Waals surface area contributed by atoms with Crippen molar-refractivity contribution in [2.75, 3.05) is 31.2 Å². The summed E-state index contributed by atoms with van der Waals surface area (Å²) in [5, 5.41) is 8.83. The maximum absolute atomic E-state index is 12.8. The van der Waals surface area contributed by atoms with Crippen LogP contribution in [0.4, 0.5) is 11.4 Å². The summed E-state index contributed by atoms with van der Waals surface area (Å²) in [4.78, 5) is 18.4. The summed E-state index contributed by atoms with van der Waals surface area (Å²) in [5.41, 5.74) is 9.43. The molecule has 0 spiro atoms. The molecule has 30 heavy (non-hydrogen) atoms. The number of hydrogen-bond donors (Lipinski definition) is 3. The fourth-order valence-corrected chi connectivity index (χ4v) is 3.77. The van der Waals surface area contributed by atoms with Crippen molar-refractivity contribution in [2.24, 2.45) is 0 Å². The van der Waals surface area contributed by atoms with E-state index in [-0.39, 0.29) is 5.91 Å². The van der Waals surface area contributed by atoms with Crippen molar-refractivity contribution in [2.45, 2.75) is 0 Å². The van der Waals surface area contributed by atoms with Gasteiger partial charge in [0.1, 0.15) is 12.4 Å². The highest BCUT2D eigenvalue weighted by Crippen LogP contribution is 2.30. The number of anilines is 2. The second-order valence-corrected chi connectivity index (χ2v) is 7.71. The van der Waals surface area contributed by atoms with Gasteiger partial charge in [-0.25, -0.2) is 0 Å². The highest BCUT2D eigenvalue weighted by molar-refractivity contribution is 7.13. The van der Waals surface area contributed by atoms with Crippen molar-refractivity contribution in [3.63, 3.8) is 0 Å². The number of nitrogens with zero attached hydrogens (tertiary/aromatic N) is 1. The number of nitrogens with one attached hydrogen (secondary N) is 2. The summed E-state index contributed by atoms with van der Waals surface area (Å²) in [5.74, 6) is 0.495. The number of amides is 1. The molecule has 0 radical (unpaired) electrons. The molecule has 0 fully saturated rings. The first-order valence-electron chi connectivity index (χ1n) is 9.56. The number of carbonyl (C=O) groups is 1. The highest BCUT2D eigenvalue weighted by Gasteiger charge is 2.11. The number of fused-ring (bicyclic) bond motifs is 1. The van der Waals surface area contributed by atoms with E-state index in [0.717, 1.165) is 33.6 Å². The lowest BCUT2D eigenvalue weighted by atomic mass is 10.1. The Morgan fingerprint density at radius 2 is 2.07 bits per heavy atom. The fourth-order valence-electron chi connectivity index (χ4n) is 3.04.